The molecule has 1 aliphatic rings. The second-order valence-corrected chi connectivity index (χ2v) is 7.36. The predicted octanol–water partition coefficient (Wildman–Crippen LogP) is 2.41. The third kappa shape index (κ3) is 4.03. The molecule has 2 aromatic carbocycles. The molecule has 0 spiro atoms. The Morgan fingerprint density at radius 1 is 1.24 bits per heavy atom. The molecular weight excluding hydrogens is 366 g/mol. The van der Waals surface area contributed by atoms with Crippen LogP contribution in [0.5, 0.6) is 0 Å². The average Bonchev–Trinajstić information content (AvgIpc) is 3.16. The van der Waals surface area contributed by atoms with E-state index in [2.05, 4.69) is 20.5 Å². The van der Waals surface area contributed by atoms with Gasteiger partial charge in [0, 0.05) is 19.2 Å². The first-order valence-corrected chi connectivity index (χ1v) is 9.64. The maximum atomic E-state index is 12.9. The number of amides is 2. The number of H-pyrrole nitrogens is 1. The molecule has 1 aliphatic heterocycles. The van der Waals surface area contributed by atoms with Crippen molar-refractivity contribution in [3.8, 4) is 0 Å². The van der Waals surface area contributed by atoms with E-state index >= 15 is 0 Å². The summed E-state index contributed by atoms with van der Waals surface area (Å²) in [6, 6.07) is 15.3. The van der Waals surface area contributed by atoms with Crippen molar-refractivity contribution in [3.63, 3.8) is 0 Å². The van der Waals surface area contributed by atoms with Crippen LogP contribution in [0.15, 0.2) is 48.5 Å². The van der Waals surface area contributed by atoms with Crippen molar-refractivity contribution in [3.05, 3.63) is 76.9 Å². The van der Waals surface area contributed by atoms with E-state index in [4.69, 9.17) is 0 Å². The van der Waals surface area contributed by atoms with Gasteiger partial charge in [-0.1, -0.05) is 42.5 Å². The predicted molar refractivity (Wildman–Crippen MR) is 110 cm³/mol. The number of fused-ring (bicyclic) bond motifs is 1. The number of hydrogen-bond acceptors (Lipinski definition) is 4. The number of nitrogens with zero attached hydrogens (tertiary/aromatic N) is 3. The molecule has 0 radical (unpaired) electrons. The number of hydrogen-bond donors (Lipinski definition) is 2. The van der Waals surface area contributed by atoms with Gasteiger partial charge < -0.3 is 10.2 Å². The fraction of sp³-hybridized carbons (Fsp3) is 0.273. The molecule has 1 atom stereocenters. The Morgan fingerprint density at radius 2 is 2.03 bits per heavy atom. The fourth-order valence-electron chi connectivity index (χ4n) is 3.60. The molecule has 0 unspecified atom stereocenters. The van der Waals surface area contributed by atoms with Crippen LogP contribution in [-0.4, -0.2) is 40.1 Å². The van der Waals surface area contributed by atoms with Crippen LogP contribution in [0.2, 0.25) is 0 Å². The zero-order chi connectivity index (χ0) is 20.4. The lowest BCUT2D eigenvalue weighted by Gasteiger charge is -2.22. The number of aromatic nitrogens is 3. The summed E-state index contributed by atoms with van der Waals surface area (Å²) >= 11 is 0. The van der Waals surface area contributed by atoms with Gasteiger partial charge in [-0.15, -0.1) is 5.10 Å². The van der Waals surface area contributed by atoms with Gasteiger partial charge in [0.15, 0.2) is 0 Å². The molecule has 0 saturated carbocycles. The van der Waals surface area contributed by atoms with Crippen LogP contribution < -0.4 is 10.2 Å². The molecule has 3 aromatic rings. The van der Waals surface area contributed by atoms with E-state index in [-0.39, 0.29) is 11.7 Å². The van der Waals surface area contributed by atoms with Gasteiger partial charge in [0.1, 0.15) is 11.9 Å². The molecule has 29 heavy (non-hydrogen) atoms. The fourth-order valence-corrected chi connectivity index (χ4v) is 3.60. The van der Waals surface area contributed by atoms with Crippen LogP contribution in [0.3, 0.4) is 0 Å². The molecule has 4 rings (SSSR count). The SMILES string of the molecule is Cc1ccc2c(c1)N(C)C(=O)[C@H](NC(=O)c1n[nH]c(Cc3ccccc3)n1)CC2. The van der Waals surface area contributed by atoms with Gasteiger partial charge in [0.05, 0.1) is 0 Å². The molecule has 2 heterocycles. The summed E-state index contributed by atoms with van der Waals surface area (Å²) in [5, 5.41) is 9.64. The largest absolute Gasteiger partial charge is 0.337 e. The van der Waals surface area contributed by atoms with Gasteiger partial charge >= 0.3 is 0 Å². The highest BCUT2D eigenvalue weighted by Crippen LogP contribution is 2.27. The molecule has 7 nitrogen and oxygen atoms in total. The topological polar surface area (TPSA) is 91.0 Å². The first-order chi connectivity index (χ1) is 14.0. The Morgan fingerprint density at radius 3 is 2.83 bits per heavy atom. The van der Waals surface area contributed by atoms with Gasteiger partial charge in [0.2, 0.25) is 11.7 Å². The molecule has 0 fully saturated rings. The van der Waals surface area contributed by atoms with Crippen LogP contribution in [0, 0.1) is 6.92 Å². The first kappa shape index (κ1) is 18.9. The van der Waals surface area contributed by atoms with E-state index in [1.54, 1.807) is 11.9 Å². The molecule has 2 N–H and O–H groups in total. The van der Waals surface area contributed by atoms with Crippen LogP contribution in [-0.2, 0) is 17.6 Å². The molecular formula is C22H23N5O2. The highest BCUT2D eigenvalue weighted by Gasteiger charge is 2.30. The van der Waals surface area contributed by atoms with Crippen molar-refractivity contribution < 1.29 is 9.59 Å². The van der Waals surface area contributed by atoms with Gasteiger partial charge in [-0.3, -0.25) is 14.7 Å². The molecule has 148 valence electrons. The number of carbonyl (C=O) groups excluding carboxylic acids is 2. The smallest absolute Gasteiger partial charge is 0.291 e. The van der Waals surface area contributed by atoms with Crippen molar-refractivity contribution in [1.29, 1.82) is 0 Å². The van der Waals surface area contributed by atoms with E-state index in [9.17, 15) is 9.59 Å². The van der Waals surface area contributed by atoms with Crippen molar-refractivity contribution >= 4 is 17.5 Å². The van der Waals surface area contributed by atoms with E-state index < -0.39 is 11.9 Å². The Kier molecular flexibility index (Phi) is 5.12. The van der Waals surface area contributed by atoms with Crippen LogP contribution in [0.4, 0.5) is 5.69 Å². The Balaban J connectivity index is 1.45. The van der Waals surface area contributed by atoms with E-state index in [1.807, 2.05) is 55.5 Å². The Hall–Kier alpha value is -3.48. The van der Waals surface area contributed by atoms with Crippen molar-refractivity contribution in [1.82, 2.24) is 20.5 Å². The second-order valence-electron chi connectivity index (χ2n) is 7.36. The highest BCUT2D eigenvalue weighted by molar-refractivity contribution is 6.02. The third-order valence-electron chi connectivity index (χ3n) is 5.19. The lowest BCUT2D eigenvalue weighted by Crippen LogP contribution is -2.47. The van der Waals surface area contributed by atoms with Crippen molar-refractivity contribution in [2.45, 2.75) is 32.2 Å². The van der Waals surface area contributed by atoms with Gasteiger partial charge in [0.25, 0.3) is 5.91 Å². The average molecular weight is 389 g/mol. The summed E-state index contributed by atoms with van der Waals surface area (Å²) in [5.41, 5.74) is 4.17. The van der Waals surface area contributed by atoms with Crippen LogP contribution >= 0.6 is 0 Å². The lowest BCUT2D eigenvalue weighted by molar-refractivity contribution is -0.120. The van der Waals surface area contributed by atoms with E-state index in [0.29, 0.717) is 25.1 Å². The summed E-state index contributed by atoms with van der Waals surface area (Å²) in [6.07, 6.45) is 1.80. The van der Waals surface area contributed by atoms with Crippen molar-refractivity contribution in [2.24, 2.45) is 0 Å². The minimum absolute atomic E-state index is 0.0454. The molecule has 1 aromatic heterocycles. The monoisotopic (exact) mass is 389 g/mol. The number of carbonyl (C=O) groups is 2. The van der Waals surface area contributed by atoms with E-state index in [1.165, 1.54) is 0 Å². The zero-order valence-electron chi connectivity index (χ0n) is 16.5. The normalized spacial score (nSPS) is 16.3. The number of aromatic amines is 1. The number of anilines is 1. The summed E-state index contributed by atoms with van der Waals surface area (Å²) in [5.74, 6) is 0.0646. The Labute approximate surface area is 169 Å². The molecule has 0 saturated heterocycles. The maximum Gasteiger partial charge on any atom is 0.291 e. The Bertz CT molecular complexity index is 1040. The first-order valence-electron chi connectivity index (χ1n) is 9.64. The van der Waals surface area contributed by atoms with E-state index in [0.717, 1.165) is 22.4 Å². The number of benzene rings is 2. The minimum Gasteiger partial charge on any atom is -0.337 e. The van der Waals surface area contributed by atoms with Crippen LogP contribution in [0.25, 0.3) is 0 Å². The highest BCUT2D eigenvalue weighted by atomic mass is 16.2. The zero-order valence-corrected chi connectivity index (χ0v) is 16.5. The summed E-state index contributed by atoms with van der Waals surface area (Å²) in [7, 11) is 1.75. The molecule has 0 aliphatic carbocycles. The van der Waals surface area contributed by atoms with Crippen molar-refractivity contribution in [2.75, 3.05) is 11.9 Å². The minimum atomic E-state index is -0.615. The lowest BCUT2D eigenvalue weighted by atomic mass is 10.0. The molecule has 2 amide bonds. The number of nitrogens with one attached hydrogen (secondary N) is 2. The third-order valence-corrected chi connectivity index (χ3v) is 5.19. The van der Waals surface area contributed by atoms with Gasteiger partial charge in [-0.05, 0) is 42.5 Å². The van der Waals surface area contributed by atoms with Gasteiger partial charge in [-0.25, -0.2) is 4.98 Å². The summed E-state index contributed by atoms with van der Waals surface area (Å²) in [4.78, 5) is 31.4. The number of likely N-dealkylation sites (N-methyl/N-ethyl adjacent to an activating group) is 1. The summed E-state index contributed by atoms with van der Waals surface area (Å²) in [6.45, 7) is 2.00. The maximum absolute atomic E-state index is 12.9. The summed E-state index contributed by atoms with van der Waals surface area (Å²) < 4.78 is 0. The standard InChI is InChI=1S/C22H23N5O2/c1-14-8-9-16-10-11-17(22(29)27(2)18(16)12-14)23-21(28)20-24-19(25-26-20)13-15-6-4-3-5-7-15/h3-9,12,17H,10-11,13H2,1-2H3,(H,23,28)(H,24,25,26)/t17-/m1/s1. The van der Waals surface area contributed by atoms with Gasteiger partial charge in [-0.2, -0.15) is 0 Å². The molecule has 7 heteroatoms. The number of aryl methyl sites for hydroxylation is 2. The quantitative estimate of drug-likeness (QED) is 0.717. The van der Waals surface area contributed by atoms with Crippen LogP contribution in [0.1, 0.15) is 39.6 Å². The molecule has 0 bridgehead atoms. The second kappa shape index (κ2) is 7.87. The number of rotatable bonds is 4.